The average molecular weight is 421 g/mol. The van der Waals surface area contributed by atoms with E-state index in [1.807, 2.05) is 41.1 Å². The Morgan fingerprint density at radius 3 is 2.87 bits per heavy atom. The molecule has 0 saturated carbocycles. The zero-order valence-corrected chi connectivity index (χ0v) is 17.7. The molecule has 0 atom stereocenters. The van der Waals surface area contributed by atoms with Crippen LogP contribution in [-0.4, -0.2) is 47.1 Å². The van der Waals surface area contributed by atoms with E-state index in [1.165, 1.54) is 0 Å². The Labute approximate surface area is 179 Å². The molecule has 1 fully saturated rings. The van der Waals surface area contributed by atoms with Gasteiger partial charge in [-0.2, -0.15) is 14.7 Å². The van der Waals surface area contributed by atoms with Crippen molar-refractivity contribution < 1.29 is 4.74 Å². The van der Waals surface area contributed by atoms with Crippen LogP contribution in [0, 0.1) is 0 Å². The molecule has 0 aromatic carbocycles. The Morgan fingerprint density at radius 2 is 2.17 bits per heavy atom. The summed E-state index contributed by atoms with van der Waals surface area (Å²) in [5, 5.41) is 11.2. The largest absolute Gasteiger partial charge is 0.378 e. The Morgan fingerprint density at radius 1 is 1.33 bits per heavy atom. The van der Waals surface area contributed by atoms with Crippen molar-refractivity contribution in [2.45, 2.75) is 6.92 Å². The van der Waals surface area contributed by atoms with E-state index in [0.29, 0.717) is 19.0 Å². The first-order valence-electron chi connectivity index (χ1n) is 9.70. The maximum atomic E-state index is 5.52. The van der Waals surface area contributed by atoms with Gasteiger partial charge in [0.25, 0.3) is 0 Å². The lowest BCUT2D eigenvalue weighted by Crippen LogP contribution is -2.37. The lowest BCUT2D eigenvalue weighted by atomic mass is 10.2. The fourth-order valence-corrected chi connectivity index (χ4v) is 3.87. The van der Waals surface area contributed by atoms with Crippen molar-refractivity contribution in [2.75, 3.05) is 36.6 Å². The Kier molecular flexibility index (Phi) is 6.06. The van der Waals surface area contributed by atoms with Crippen molar-refractivity contribution in [3.05, 3.63) is 66.1 Å². The number of ether oxygens (including phenoxy) is 1. The van der Waals surface area contributed by atoms with Crippen molar-refractivity contribution in [2.24, 2.45) is 5.10 Å². The summed E-state index contributed by atoms with van der Waals surface area (Å²) in [6.07, 6.45) is 5.35. The molecule has 0 aliphatic carbocycles. The molecule has 7 nitrogen and oxygen atoms in total. The summed E-state index contributed by atoms with van der Waals surface area (Å²) in [7, 11) is 0. The van der Waals surface area contributed by atoms with Crippen LogP contribution in [0.4, 0.5) is 11.6 Å². The molecule has 3 aromatic heterocycles. The summed E-state index contributed by atoms with van der Waals surface area (Å²) in [5.41, 5.74) is 6.52. The van der Waals surface area contributed by atoms with Crippen LogP contribution in [-0.2, 0) is 4.74 Å². The van der Waals surface area contributed by atoms with Crippen LogP contribution in [0.25, 0.3) is 16.2 Å². The van der Waals surface area contributed by atoms with Crippen molar-refractivity contribution in [3.63, 3.8) is 0 Å². The van der Waals surface area contributed by atoms with Gasteiger partial charge in [0, 0.05) is 25.2 Å². The third kappa shape index (κ3) is 4.50. The number of anilines is 2. The molecule has 3 aromatic rings. The quantitative estimate of drug-likeness (QED) is 0.349. The number of aromatic nitrogens is 3. The number of rotatable bonds is 7. The molecule has 4 heterocycles. The number of allylic oxidation sites excluding steroid dienone is 4. The van der Waals surface area contributed by atoms with Crippen molar-refractivity contribution in [1.29, 1.82) is 0 Å². The normalized spacial score (nSPS) is 15.1. The maximum Gasteiger partial charge on any atom is 0.160 e. The minimum Gasteiger partial charge on any atom is -0.378 e. The molecule has 1 saturated heterocycles. The molecule has 4 rings (SSSR count). The van der Waals surface area contributed by atoms with E-state index in [1.54, 1.807) is 23.6 Å². The fourth-order valence-electron chi connectivity index (χ4n) is 3.18. The van der Waals surface area contributed by atoms with E-state index in [4.69, 9.17) is 14.8 Å². The zero-order valence-electron chi connectivity index (χ0n) is 16.9. The maximum absolute atomic E-state index is 5.52. The monoisotopic (exact) mass is 420 g/mol. The van der Waals surface area contributed by atoms with Crippen molar-refractivity contribution >= 4 is 34.8 Å². The number of hydrogen-bond donors (Lipinski definition) is 1. The highest BCUT2D eigenvalue weighted by molar-refractivity contribution is 7.13. The summed E-state index contributed by atoms with van der Waals surface area (Å²) in [4.78, 5) is 8.08. The van der Waals surface area contributed by atoms with Crippen LogP contribution in [0.15, 0.2) is 71.2 Å². The molecule has 1 aliphatic heterocycles. The third-order valence-corrected chi connectivity index (χ3v) is 5.45. The molecule has 0 amide bonds. The van der Waals surface area contributed by atoms with Crippen LogP contribution in [0.2, 0.25) is 0 Å². The summed E-state index contributed by atoms with van der Waals surface area (Å²) in [6.45, 7) is 12.6. The molecule has 1 aliphatic rings. The van der Waals surface area contributed by atoms with Gasteiger partial charge in [0.05, 0.1) is 24.3 Å². The van der Waals surface area contributed by atoms with Gasteiger partial charge >= 0.3 is 0 Å². The van der Waals surface area contributed by atoms with Crippen LogP contribution in [0.1, 0.15) is 6.92 Å². The molecular weight excluding hydrogens is 396 g/mol. The van der Waals surface area contributed by atoms with Gasteiger partial charge < -0.3 is 9.64 Å². The number of nitrogens with one attached hydrogen (secondary N) is 1. The summed E-state index contributed by atoms with van der Waals surface area (Å²) >= 11 is 1.66. The smallest absolute Gasteiger partial charge is 0.160 e. The lowest BCUT2D eigenvalue weighted by Gasteiger charge is -2.29. The molecule has 0 radical (unpaired) electrons. The van der Waals surface area contributed by atoms with Gasteiger partial charge in [-0.25, -0.2) is 4.98 Å². The number of fused-ring (bicyclic) bond motifs is 1. The highest BCUT2D eigenvalue weighted by Gasteiger charge is 2.18. The van der Waals surface area contributed by atoms with Crippen LogP contribution in [0.5, 0.6) is 0 Å². The van der Waals surface area contributed by atoms with E-state index in [9.17, 15) is 0 Å². The highest BCUT2D eigenvalue weighted by Crippen LogP contribution is 2.28. The summed E-state index contributed by atoms with van der Waals surface area (Å²) in [6, 6.07) is 8.06. The summed E-state index contributed by atoms with van der Waals surface area (Å²) in [5.74, 6) is 1.61. The Hall–Kier alpha value is -3.23. The standard InChI is InChI=1S/C22H24N6OS/c1-4-17(12-16(2)3)15-23-25-20-14-22(27-7-9-29-10-8-27)28-21(24-20)13-18(26-28)19-6-5-11-30-19/h4-6,11-15H,1-2,7-10H2,3H3,(H,24,25)/b17-12+,23-15+. The van der Waals surface area contributed by atoms with E-state index < -0.39 is 0 Å². The number of morpholine rings is 1. The molecule has 0 unspecified atom stereocenters. The molecule has 1 N–H and O–H groups in total. The number of thiophene rings is 1. The number of hydrazone groups is 1. The number of hydrogen-bond acceptors (Lipinski definition) is 7. The minimum atomic E-state index is 0.650. The Bertz CT molecular complexity index is 1110. The van der Waals surface area contributed by atoms with Crippen molar-refractivity contribution in [3.8, 4) is 10.6 Å². The van der Waals surface area contributed by atoms with E-state index in [2.05, 4.69) is 34.7 Å². The first-order valence-corrected chi connectivity index (χ1v) is 10.6. The zero-order chi connectivity index (χ0) is 20.9. The topological polar surface area (TPSA) is 67.0 Å². The average Bonchev–Trinajstić information content (AvgIpc) is 3.42. The molecule has 0 bridgehead atoms. The molecule has 30 heavy (non-hydrogen) atoms. The third-order valence-electron chi connectivity index (χ3n) is 4.56. The highest BCUT2D eigenvalue weighted by atomic mass is 32.1. The van der Waals surface area contributed by atoms with Gasteiger partial charge in [-0.05, 0) is 23.9 Å². The predicted molar refractivity (Wildman–Crippen MR) is 125 cm³/mol. The van der Waals surface area contributed by atoms with Crippen molar-refractivity contribution in [1.82, 2.24) is 14.6 Å². The molecular formula is C22H24N6OS. The van der Waals surface area contributed by atoms with Gasteiger partial charge in [-0.15, -0.1) is 11.3 Å². The van der Waals surface area contributed by atoms with E-state index >= 15 is 0 Å². The van der Waals surface area contributed by atoms with Gasteiger partial charge in [0.15, 0.2) is 11.5 Å². The second kappa shape index (κ2) is 9.06. The van der Waals surface area contributed by atoms with Crippen LogP contribution >= 0.6 is 11.3 Å². The second-order valence-electron chi connectivity index (χ2n) is 6.94. The fraction of sp³-hybridized carbons (Fsp3) is 0.227. The second-order valence-corrected chi connectivity index (χ2v) is 7.89. The Balaban J connectivity index is 1.69. The molecule has 154 valence electrons. The SMILES string of the molecule is C=CC(/C=N/Nc1cc(N2CCOCC2)n2nc(-c3cccs3)cc2n1)=C\C(=C)C. The first-order chi connectivity index (χ1) is 14.6. The van der Waals surface area contributed by atoms with Gasteiger partial charge in [-0.1, -0.05) is 36.9 Å². The summed E-state index contributed by atoms with van der Waals surface area (Å²) < 4.78 is 7.41. The molecule has 8 heteroatoms. The van der Waals surface area contributed by atoms with Crippen LogP contribution in [0.3, 0.4) is 0 Å². The van der Waals surface area contributed by atoms with Gasteiger partial charge in [-0.3, -0.25) is 5.43 Å². The number of nitrogens with zero attached hydrogens (tertiary/aromatic N) is 5. The first kappa shape index (κ1) is 20.1. The predicted octanol–water partition coefficient (Wildman–Crippen LogP) is 4.38. The lowest BCUT2D eigenvalue weighted by molar-refractivity contribution is 0.122. The van der Waals surface area contributed by atoms with Crippen LogP contribution < -0.4 is 10.3 Å². The molecule has 0 spiro atoms. The minimum absolute atomic E-state index is 0.650. The van der Waals surface area contributed by atoms with E-state index in [-0.39, 0.29) is 0 Å². The van der Waals surface area contributed by atoms with E-state index in [0.717, 1.165) is 46.3 Å². The van der Waals surface area contributed by atoms with Gasteiger partial charge in [0.2, 0.25) is 0 Å². The van der Waals surface area contributed by atoms with Gasteiger partial charge in [0.1, 0.15) is 11.5 Å².